The molecule has 8 atom stereocenters. The van der Waals surface area contributed by atoms with Gasteiger partial charge in [0.05, 0.1) is 17.5 Å². The molecule has 0 aromatic heterocycles. The van der Waals surface area contributed by atoms with E-state index in [0.717, 1.165) is 37.8 Å². The quantitative estimate of drug-likeness (QED) is 0.473. The molecule has 0 amide bonds. The second-order valence-electron chi connectivity index (χ2n) is 11.4. The van der Waals surface area contributed by atoms with Gasteiger partial charge >= 0.3 is 0 Å². The van der Waals surface area contributed by atoms with Gasteiger partial charge in [-0.1, -0.05) is 24.2 Å². The van der Waals surface area contributed by atoms with Crippen molar-refractivity contribution in [3.63, 3.8) is 0 Å². The lowest BCUT2D eigenvalue weighted by Crippen LogP contribution is -2.58. The Kier molecular flexibility index (Phi) is 5.45. The number of aliphatic hydroxyl groups excluding tert-OH is 1. The largest absolute Gasteiger partial charge is 0.411 e. The highest BCUT2D eigenvalue weighted by Crippen LogP contribution is 2.65. The molecule has 1 unspecified atom stereocenters. The molecule has 0 spiro atoms. The highest BCUT2D eigenvalue weighted by molar-refractivity contribution is 5.97. The minimum atomic E-state index is -1.17. The Morgan fingerprint density at radius 1 is 1.13 bits per heavy atom. The minimum absolute atomic E-state index is 0.0326. The van der Waals surface area contributed by atoms with Gasteiger partial charge in [-0.05, 0) is 81.0 Å². The number of rotatable bonds is 3. The van der Waals surface area contributed by atoms with E-state index in [1.165, 1.54) is 0 Å². The SMILES string of the molecule is CC(C)(CN)O/N=C1\CC2/C(=N/O)C[C@H]3[C@@H]4CC[C@H](O)[C@@]4(C)CC[C@@H]3[C@@]2(C)C[C@H]1F. The van der Waals surface area contributed by atoms with Crippen molar-refractivity contribution < 1.29 is 19.5 Å². The van der Waals surface area contributed by atoms with Crippen LogP contribution in [-0.4, -0.2) is 46.2 Å². The molecule has 4 rings (SSSR count). The van der Waals surface area contributed by atoms with Crippen molar-refractivity contribution in [2.24, 2.45) is 50.5 Å². The second kappa shape index (κ2) is 7.44. The van der Waals surface area contributed by atoms with E-state index < -0.39 is 11.8 Å². The third-order valence-electron chi connectivity index (χ3n) is 9.30. The number of hydrogen-bond acceptors (Lipinski definition) is 6. The van der Waals surface area contributed by atoms with E-state index in [-0.39, 0.29) is 22.9 Å². The van der Waals surface area contributed by atoms with Crippen molar-refractivity contribution in [1.82, 2.24) is 0 Å². The van der Waals surface area contributed by atoms with Crippen LogP contribution < -0.4 is 5.73 Å². The lowest BCUT2D eigenvalue weighted by Gasteiger charge is -2.60. The molecular weight excluding hydrogens is 385 g/mol. The van der Waals surface area contributed by atoms with E-state index in [1.54, 1.807) is 0 Å². The predicted octanol–water partition coefficient (Wildman–Crippen LogP) is 3.89. The third kappa shape index (κ3) is 3.27. The molecule has 170 valence electrons. The maximum Gasteiger partial charge on any atom is 0.144 e. The summed E-state index contributed by atoms with van der Waals surface area (Å²) in [5.41, 5.74) is 5.88. The number of halogens is 1. The molecule has 0 saturated heterocycles. The molecule has 4 fully saturated rings. The molecule has 0 aliphatic heterocycles. The number of alkyl halides is 1. The molecule has 30 heavy (non-hydrogen) atoms. The molecule has 0 heterocycles. The topological polar surface area (TPSA) is 100 Å². The average molecular weight is 424 g/mol. The van der Waals surface area contributed by atoms with Crippen LogP contribution in [0.1, 0.15) is 72.6 Å². The maximum absolute atomic E-state index is 15.4. The first kappa shape index (κ1) is 22.0. The van der Waals surface area contributed by atoms with E-state index in [0.29, 0.717) is 42.9 Å². The van der Waals surface area contributed by atoms with Gasteiger partial charge in [0.25, 0.3) is 0 Å². The molecular formula is C23H38FN3O3. The summed E-state index contributed by atoms with van der Waals surface area (Å²) in [5, 5.41) is 28.4. The van der Waals surface area contributed by atoms with Gasteiger partial charge in [-0.15, -0.1) is 0 Å². The zero-order valence-electron chi connectivity index (χ0n) is 18.8. The van der Waals surface area contributed by atoms with Crippen molar-refractivity contribution in [1.29, 1.82) is 0 Å². The van der Waals surface area contributed by atoms with Crippen LogP contribution in [0.25, 0.3) is 0 Å². The van der Waals surface area contributed by atoms with Crippen LogP contribution in [0.3, 0.4) is 0 Å². The van der Waals surface area contributed by atoms with Crippen LogP contribution in [0.5, 0.6) is 0 Å². The Bertz CT molecular complexity index is 741. The van der Waals surface area contributed by atoms with Gasteiger partial charge in [0.2, 0.25) is 0 Å². The number of aliphatic hydroxyl groups is 1. The van der Waals surface area contributed by atoms with Gasteiger partial charge < -0.3 is 20.9 Å². The maximum atomic E-state index is 15.4. The van der Waals surface area contributed by atoms with Gasteiger partial charge in [-0.25, -0.2) is 4.39 Å². The summed E-state index contributed by atoms with van der Waals surface area (Å²) in [5.74, 6) is 1.08. The predicted molar refractivity (Wildman–Crippen MR) is 114 cm³/mol. The molecule has 0 radical (unpaired) electrons. The summed E-state index contributed by atoms with van der Waals surface area (Å²) in [7, 11) is 0. The zero-order chi connectivity index (χ0) is 21.9. The van der Waals surface area contributed by atoms with Crippen LogP contribution in [0, 0.1) is 34.5 Å². The van der Waals surface area contributed by atoms with E-state index >= 15 is 4.39 Å². The fraction of sp³-hybridized carbons (Fsp3) is 0.913. The Morgan fingerprint density at radius 3 is 2.50 bits per heavy atom. The first-order valence-electron chi connectivity index (χ1n) is 11.5. The summed E-state index contributed by atoms with van der Waals surface area (Å²) in [6.07, 6.45) is 3.93. The molecule has 4 aliphatic rings. The van der Waals surface area contributed by atoms with E-state index in [1.807, 2.05) is 13.8 Å². The summed E-state index contributed by atoms with van der Waals surface area (Å²) < 4.78 is 15.4. The summed E-state index contributed by atoms with van der Waals surface area (Å²) in [6, 6.07) is 0. The molecule has 0 bridgehead atoms. The van der Waals surface area contributed by atoms with Crippen molar-refractivity contribution >= 4 is 11.4 Å². The number of nitrogens with two attached hydrogens (primary N) is 1. The molecule has 4 saturated carbocycles. The van der Waals surface area contributed by atoms with Gasteiger partial charge in [-0.3, -0.25) is 0 Å². The number of nitrogens with zero attached hydrogens (tertiary/aromatic N) is 2. The fourth-order valence-electron chi connectivity index (χ4n) is 7.30. The highest BCUT2D eigenvalue weighted by atomic mass is 19.1. The van der Waals surface area contributed by atoms with Gasteiger partial charge in [0.1, 0.15) is 11.8 Å². The summed E-state index contributed by atoms with van der Waals surface area (Å²) in [6.45, 7) is 8.36. The lowest BCUT2D eigenvalue weighted by atomic mass is 9.44. The molecule has 0 aromatic rings. The summed E-state index contributed by atoms with van der Waals surface area (Å²) in [4.78, 5) is 5.55. The lowest BCUT2D eigenvalue weighted by molar-refractivity contribution is -0.0902. The first-order chi connectivity index (χ1) is 14.1. The van der Waals surface area contributed by atoms with Crippen molar-refractivity contribution in [2.75, 3.05) is 6.54 Å². The monoisotopic (exact) mass is 423 g/mol. The average Bonchev–Trinajstić information content (AvgIpc) is 3.00. The first-order valence-corrected chi connectivity index (χ1v) is 11.5. The Balaban J connectivity index is 1.63. The fourth-order valence-corrected chi connectivity index (χ4v) is 7.30. The van der Waals surface area contributed by atoms with Crippen molar-refractivity contribution in [3.8, 4) is 0 Å². The Labute approximate surface area is 179 Å². The standard InChI is InChI=1S/C23H38FN3O3/c1-21(2,12-25)30-27-19-10-16-18(26-29)9-13-14-5-6-20(28)22(14,3)8-7-15(13)23(16,4)11-17(19)24/h13-17,20,28-29H,5-12,25H2,1-4H3/b26-18+,27-19+/t13-,14-,15-,16?,17+,20-,22-,23+/m0/s1. The highest BCUT2D eigenvalue weighted by Gasteiger charge is 2.62. The van der Waals surface area contributed by atoms with Crippen molar-refractivity contribution in [2.45, 2.75) is 90.5 Å². The normalized spacial score (nSPS) is 48.9. The molecule has 7 heteroatoms. The van der Waals surface area contributed by atoms with Crippen LogP contribution in [0.4, 0.5) is 4.39 Å². The van der Waals surface area contributed by atoms with E-state index in [4.69, 9.17) is 10.6 Å². The third-order valence-corrected chi connectivity index (χ3v) is 9.30. The van der Waals surface area contributed by atoms with E-state index in [9.17, 15) is 10.3 Å². The van der Waals surface area contributed by atoms with Crippen LogP contribution in [0.15, 0.2) is 10.3 Å². The van der Waals surface area contributed by atoms with Crippen LogP contribution in [0.2, 0.25) is 0 Å². The summed E-state index contributed by atoms with van der Waals surface area (Å²) >= 11 is 0. The minimum Gasteiger partial charge on any atom is -0.411 e. The number of fused-ring (bicyclic) bond motifs is 5. The number of hydrogen-bond donors (Lipinski definition) is 3. The molecule has 4 N–H and O–H groups in total. The van der Waals surface area contributed by atoms with Crippen molar-refractivity contribution in [3.05, 3.63) is 0 Å². The number of oxime groups is 2. The molecule has 0 aromatic carbocycles. The molecule has 6 nitrogen and oxygen atoms in total. The van der Waals surface area contributed by atoms with Gasteiger partial charge in [0, 0.05) is 18.9 Å². The smallest absolute Gasteiger partial charge is 0.144 e. The Hall–Kier alpha value is -1.21. The zero-order valence-corrected chi connectivity index (χ0v) is 18.8. The molecule has 4 aliphatic carbocycles. The Morgan fingerprint density at radius 2 is 1.83 bits per heavy atom. The van der Waals surface area contributed by atoms with E-state index in [2.05, 4.69) is 24.2 Å². The van der Waals surface area contributed by atoms with Gasteiger partial charge in [0.15, 0.2) is 0 Å². The van der Waals surface area contributed by atoms with Crippen LogP contribution in [-0.2, 0) is 4.84 Å². The van der Waals surface area contributed by atoms with Crippen LogP contribution >= 0.6 is 0 Å². The van der Waals surface area contributed by atoms with Gasteiger partial charge in [-0.2, -0.15) is 0 Å². The second-order valence-corrected chi connectivity index (χ2v) is 11.4.